The Morgan fingerprint density at radius 2 is 1.49 bits per heavy atom. The van der Waals surface area contributed by atoms with Gasteiger partial charge < -0.3 is 20.2 Å². The lowest BCUT2D eigenvalue weighted by molar-refractivity contribution is -0.192. The molecule has 2 saturated heterocycles. The minimum atomic E-state index is -5.08. The Labute approximate surface area is 211 Å². The third-order valence-corrected chi connectivity index (χ3v) is 6.12. The van der Waals surface area contributed by atoms with Crippen molar-refractivity contribution in [2.45, 2.75) is 50.5 Å². The van der Waals surface area contributed by atoms with Gasteiger partial charge in [0.05, 0.1) is 0 Å². The molecule has 3 heterocycles. The molecule has 9 nitrogen and oxygen atoms in total. The highest BCUT2D eigenvalue weighted by atomic mass is 19.4. The molecule has 2 atom stereocenters. The number of amides is 3. The highest BCUT2D eigenvalue weighted by molar-refractivity contribution is 5.99. The van der Waals surface area contributed by atoms with Gasteiger partial charge in [-0.25, -0.2) is 4.79 Å². The van der Waals surface area contributed by atoms with Gasteiger partial charge in [0, 0.05) is 37.6 Å². The summed E-state index contributed by atoms with van der Waals surface area (Å²) in [6.45, 7) is 1.52. The molecule has 0 unspecified atom stereocenters. The molecule has 2 aliphatic heterocycles. The summed E-state index contributed by atoms with van der Waals surface area (Å²) in [6.07, 6.45) is 1.16. The Bertz CT molecular complexity index is 1100. The molecule has 1 aromatic heterocycles. The van der Waals surface area contributed by atoms with Crippen LogP contribution in [-0.4, -0.2) is 74.9 Å². The van der Waals surface area contributed by atoms with Crippen molar-refractivity contribution >= 4 is 23.7 Å². The summed E-state index contributed by atoms with van der Waals surface area (Å²) in [7, 11) is 0. The number of rotatable bonds is 5. The van der Waals surface area contributed by atoms with E-state index in [2.05, 4.69) is 10.3 Å². The number of carbonyl (C=O) groups excluding carboxylic acids is 3. The van der Waals surface area contributed by atoms with E-state index in [0.29, 0.717) is 38.0 Å². The van der Waals surface area contributed by atoms with Crippen LogP contribution in [0.4, 0.5) is 13.2 Å². The average Bonchev–Trinajstić information content (AvgIpc) is 3.58. The Morgan fingerprint density at radius 3 is 2.08 bits per heavy atom. The highest BCUT2D eigenvalue weighted by Crippen LogP contribution is 2.26. The Kier molecular flexibility index (Phi) is 9.20. The molecule has 2 N–H and O–H groups in total. The molecule has 0 saturated carbocycles. The number of carbonyl (C=O) groups is 4. The molecular formula is C25H27F3N4O5. The van der Waals surface area contributed by atoms with Crippen LogP contribution >= 0.6 is 0 Å². The van der Waals surface area contributed by atoms with Crippen LogP contribution in [0.3, 0.4) is 0 Å². The minimum Gasteiger partial charge on any atom is -0.475 e. The zero-order valence-electron chi connectivity index (χ0n) is 19.9. The van der Waals surface area contributed by atoms with E-state index in [4.69, 9.17) is 9.90 Å². The van der Waals surface area contributed by atoms with Gasteiger partial charge in [0.25, 0.3) is 5.91 Å². The molecule has 0 aliphatic carbocycles. The number of likely N-dealkylation sites (tertiary alicyclic amines) is 2. The van der Waals surface area contributed by atoms with Crippen molar-refractivity contribution < 1.29 is 37.5 Å². The fraction of sp³-hybridized carbons (Fsp3) is 0.400. The molecule has 0 radical (unpaired) electrons. The highest BCUT2D eigenvalue weighted by Gasteiger charge is 2.42. The Balaban J connectivity index is 0.000000479. The lowest BCUT2D eigenvalue weighted by Crippen LogP contribution is -2.52. The van der Waals surface area contributed by atoms with Gasteiger partial charge in [0.1, 0.15) is 12.1 Å². The molecular weight excluding hydrogens is 493 g/mol. The van der Waals surface area contributed by atoms with Crippen molar-refractivity contribution in [2.24, 2.45) is 0 Å². The summed E-state index contributed by atoms with van der Waals surface area (Å²) in [5.74, 6) is -3.13. The quantitative estimate of drug-likeness (QED) is 0.626. The molecule has 12 heteroatoms. The van der Waals surface area contributed by atoms with Gasteiger partial charge in [-0.2, -0.15) is 13.2 Å². The van der Waals surface area contributed by atoms with E-state index >= 15 is 0 Å². The predicted molar refractivity (Wildman–Crippen MR) is 125 cm³/mol. The summed E-state index contributed by atoms with van der Waals surface area (Å²) in [5, 5.41) is 10.1. The zero-order valence-corrected chi connectivity index (χ0v) is 19.9. The molecule has 1 aromatic carbocycles. The third-order valence-electron chi connectivity index (χ3n) is 6.12. The Morgan fingerprint density at radius 1 is 0.919 bits per heavy atom. The number of aromatic nitrogens is 1. The number of nitrogens with one attached hydrogen (secondary N) is 1. The lowest BCUT2D eigenvalue weighted by Gasteiger charge is -2.31. The van der Waals surface area contributed by atoms with E-state index in [-0.39, 0.29) is 17.7 Å². The number of aliphatic carboxylic acids is 1. The van der Waals surface area contributed by atoms with Gasteiger partial charge in [-0.1, -0.05) is 18.2 Å². The topological polar surface area (TPSA) is 120 Å². The van der Waals surface area contributed by atoms with E-state index in [1.807, 2.05) is 30.3 Å². The maximum absolute atomic E-state index is 13.3. The van der Waals surface area contributed by atoms with Crippen LogP contribution in [0, 0.1) is 0 Å². The molecule has 0 spiro atoms. The van der Waals surface area contributed by atoms with Crippen molar-refractivity contribution in [1.82, 2.24) is 20.1 Å². The molecule has 2 aromatic rings. The average molecular weight is 521 g/mol. The van der Waals surface area contributed by atoms with Crippen molar-refractivity contribution in [3.8, 4) is 0 Å². The molecule has 198 valence electrons. The van der Waals surface area contributed by atoms with Gasteiger partial charge in [-0.05, 0) is 55.5 Å². The van der Waals surface area contributed by atoms with Gasteiger partial charge in [-0.15, -0.1) is 0 Å². The summed E-state index contributed by atoms with van der Waals surface area (Å²) in [4.78, 5) is 55.2. The summed E-state index contributed by atoms with van der Waals surface area (Å²) in [5.41, 5.74) is 1.55. The van der Waals surface area contributed by atoms with Crippen molar-refractivity contribution in [3.05, 3.63) is 66.0 Å². The van der Waals surface area contributed by atoms with Crippen LogP contribution < -0.4 is 5.32 Å². The third kappa shape index (κ3) is 7.28. The first kappa shape index (κ1) is 27.6. The van der Waals surface area contributed by atoms with Gasteiger partial charge in [0.15, 0.2) is 0 Å². The van der Waals surface area contributed by atoms with E-state index in [0.717, 1.165) is 18.4 Å². The van der Waals surface area contributed by atoms with Crippen molar-refractivity contribution in [3.63, 3.8) is 0 Å². The molecule has 2 fully saturated rings. The number of hydrogen-bond donors (Lipinski definition) is 2. The van der Waals surface area contributed by atoms with E-state index < -0.39 is 24.2 Å². The van der Waals surface area contributed by atoms with E-state index in [9.17, 15) is 27.6 Å². The summed E-state index contributed by atoms with van der Waals surface area (Å²) in [6, 6.07) is 11.8. The fourth-order valence-electron chi connectivity index (χ4n) is 4.32. The van der Waals surface area contributed by atoms with Gasteiger partial charge in [-0.3, -0.25) is 19.4 Å². The van der Waals surface area contributed by atoms with Crippen molar-refractivity contribution in [1.29, 1.82) is 0 Å². The smallest absolute Gasteiger partial charge is 0.475 e. The van der Waals surface area contributed by atoms with Crippen LogP contribution in [0.1, 0.15) is 41.6 Å². The number of carboxylic acids is 1. The van der Waals surface area contributed by atoms with E-state index in [1.165, 1.54) is 0 Å². The number of halogens is 3. The second kappa shape index (κ2) is 12.3. The first-order chi connectivity index (χ1) is 17.6. The lowest BCUT2D eigenvalue weighted by atomic mass is 10.1. The SMILES string of the molecule is O=C(NCc1ccncc1)[C@@H]1CCCN1C(=O)[C@H]1CCCN1C(=O)c1ccccc1.O=C(O)C(F)(F)F. The number of hydrogen-bond acceptors (Lipinski definition) is 5. The maximum Gasteiger partial charge on any atom is 0.490 e. The molecule has 3 amide bonds. The Hall–Kier alpha value is -3.96. The first-order valence-corrected chi connectivity index (χ1v) is 11.7. The molecule has 37 heavy (non-hydrogen) atoms. The normalized spacial score (nSPS) is 19.1. The second-order valence-electron chi connectivity index (χ2n) is 8.59. The standard InChI is InChI=1S/C23H26N4O3.C2HF3O2/c28-21(25-16-17-10-12-24-13-11-17)19-8-4-14-26(19)23(30)20-9-5-15-27(20)22(29)18-6-2-1-3-7-18;3-2(4,5)1(6)7/h1-3,6-7,10-13,19-20H,4-5,8-9,14-16H2,(H,25,28);(H,6,7)/t19-,20+;/m0./s1. The molecule has 2 aliphatic rings. The molecule has 0 bridgehead atoms. The minimum absolute atomic E-state index is 0.113. The fourth-order valence-corrected chi connectivity index (χ4v) is 4.32. The number of pyridine rings is 1. The predicted octanol–water partition coefficient (Wildman–Crippen LogP) is 2.63. The second-order valence-corrected chi connectivity index (χ2v) is 8.59. The zero-order chi connectivity index (χ0) is 27.0. The summed E-state index contributed by atoms with van der Waals surface area (Å²) >= 11 is 0. The summed E-state index contributed by atoms with van der Waals surface area (Å²) < 4.78 is 31.7. The van der Waals surface area contributed by atoms with Gasteiger partial charge >= 0.3 is 12.1 Å². The maximum atomic E-state index is 13.3. The molecule has 4 rings (SSSR count). The van der Waals surface area contributed by atoms with Crippen molar-refractivity contribution in [2.75, 3.05) is 13.1 Å². The number of carboxylic acid groups (broad SMARTS) is 1. The van der Waals surface area contributed by atoms with Crippen LogP contribution in [0.2, 0.25) is 0 Å². The van der Waals surface area contributed by atoms with E-state index in [1.54, 1.807) is 34.3 Å². The van der Waals surface area contributed by atoms with Crippen LogP contribution in [-0.2, 0) is 20.9 Å². The number of nitrogens with zero attached hydrogens (tertiary/aromatic N) is 3. The largest absolute Gasteiger partial charge is 0.490 e. The van der Waals surface area contributed by atoms with Crippen LogP contribution in [0.5, 0.6) is 0 Å². The van der Waals surface area contributed by atoms with Crippen LogP contribution in [0.25, 0.3) is 0 Å². The number of benzene rings is 1. The monoisotopic (exact) mass is 520 g/mol. The van der Waals surface area contributed by atoms with Crippen LogP contribution in [0.15, 0.2) is 54.9 Å². The number of alkyl halides is 3. The first-order valence-electron chi connectivity index (χ1n) is 11.7. The van der Waals surface area contributed by atoms with Gasteiger partial charge in [0.2, 0.25) is 11.8 Å².